The van der Waals surface area contributed by atoms with Crippen molar-refractivity contribution >= 4 is 71.6 Å². The molecule has 0 unspecified atom stereocenters. The smallest absolute Gasteiger partial charge is 0.308 e. The molecule has 0 fully saturated rings. The van der Waals surface area contributed by atoms with Crippen molar-refractivity contribution in [3.05, 3.63) is 212 Å². The molecule has 0 aromatic heterocycles. The molecule has 0 atom stereocenters. The molecular weight excluding hydrogens is 1300 g/mol. The third-order valence-corrected chi connectivity index (χ3v) is 15.0. The second-order valence-corrected chi connectivity index (χ2v) is 22.7. The van der Waals surface area contributed by atoms with Crippen LogP contribution in [0.4, 0.5) is 0 Å². The zero-order valence-electron chi connectivity index (χ0n) is 56.0. The molecule has 0 spiro atoms. The van der Waals surface area contributed by atoms with E-state index in [-0.39, 0.29) is 66.8 Å². The number of carbonyl (C=O) groups excluding carboxylic acids is 12. The van der Waals surface area contributed by atoms with E-state index >= 15 is 0 Å². The first kappa shape index (κ1) is 71.7. The van der Waals surface area contributed by atoms with Crippen LogP contribution in [0.3, 0.4) is 0 Å². The van der Waals surface area contributed by atoms with Gasteiger partial charge in [-0.25, -0.2) is 0 Å². The molecule has 0 heterocycles. The quantitative estimate of drug-likeness (QED) is 0.0641. The molecule has 1 aliphatic carbocycles. The predicted octanol–water partition coefficient (Wildman–Crippen LogP) is 11.8. The standard InChI is InChI=1S/C76H64O24/c1-37(77)89-65-53-33-54(66(90-38(2)78)73(65)97-45(9)85)62(50-27-19-14-20-28-50)57-35-58(70(94-42(6)82)75(99-47(11)87)69(57)93-41(5)81)64(52-31-23-16-24-32-52)60-36-59(71(95-43(7)83)76(100-48(12)88)72(60)96-44(8)84)63(51-29-21-15-22-30-51)56-34-55(61(53)49-25-17-13-18-26-49)67(91-39(3)79)74(98-46(10)86)68(56)92-40(4)80/h13-36,61-64H,1-12H3. The van der Waals surface area contributed by atoms with Crippen LogP contribution in [0.15, 0.2) is 146 Å². The molecule has 512 valence electrons. The van der Waals surface area contributed by atoms with Crippen molar-refractivity contribution in [2.24, 2.45) is 0 Å². The molecule has 0 radical (unpaired) electrons. The number of ether oxygens (including phenoxy) is 12. The molecule has 1 aliphatic rings. The van der Waals surface area contributed by atoms with Gasteiger partial charge in [0.05, 0.1) is 0 Å². The maximum atomic E-state index is 14.1. The Hall–Kier alpha value is -12.6. The molecule has 0 saturated heterocycles. The Morgan fingerprint density at radius 1 is 0.180 bits per heavy atom. The average molecular weight is 1360 g/mol. The second-order valence-electron chi connectivity index (χ2n) is 22.7. The van der Waals surface area contributed by atoms with Crippen LogP contribution in [-0.2, 0) is 57.5 Å². The number of esters is 12. The zero-order valence-corrected chi connectivity index (χ0v) is 56.0. The Labute approximate surface area is 571 Å². The van der Waals surface area contributed by atoms with E-state index in [0.29, 0.717) is 0 Å². The third-order valence-electron chi connectivity index (χ3n) is 15.0. The molecule has 0 saturated carbocycles. The van der Waals surface area contributed by atoms with Crippen molar-refractivity contribution in [2.45, 2.75) is 107 Å². The molecule has 0 N–H and O–H groups in total. The van der Waals surface area contributed by atoms with Gasteiger partial charge < -0.3 is 56.8 Å². The number of hydrogen-bond donors (Lipinski definition) is 0. The van der Waals surface area contributed by atoms with Crippen molar-refractivity contribution in [3.8, 4) is 69.0 Å². The Morgan fingerprint density at radius 2 is 0.290 bits per heavy atom. The van der Waals surface area contributed by atoms with Gasteiger partial charge in [-0.3, -0.25) is 57.5 Å². The summed E-state index contributed by atoms with van der Waals surface area (Å²) in [6.45, 7) is 12.0. The SMILES string of the molecule is CC(=O)Oc1c2cc(c(OC(C)=O)c1OC(C)=O)C(c1ccccc1)c1cc(c(OC(C)=O)c(OC(C)=O)c1OC(C)=O)C(c1ccccc1)c1cc(c(OC(C)=O)c(OC(C)=O)c1OC(C)=O)C(c1ccccc1)c1cc(c(OC(C)=O)c(OC(C)=O)c1OC(C)=O)C2c1ccccc1. The Bertz CT molecular complexity index is 3900. The van der Waals surface area contributed by atoms with Crippen LogP contribution in [0, 0.1) is 0 Å². The Morgan fingerprint density at radius 3 is 0.400 bits per heavy atom. The summed E-state index contributed by atoms with van der Waals surface area (Å²) in [5, 5.41) is 0. The minimum atomic E-state index is -1.69. The van der Waals surface area contributed by atoms with Crippen molar-refractivity contribution in [1.82, 2.24) is 0 Å². The van der Waals surface area contributed by atoms with Crippen molar-refractivity contribution < 1.29 is 114 Å². The Kier molecular flexibility index (Phi) is 22.0. The lowest BCUT2D eigenvalue weighted by Crippen LogP contribution is -2.22. The van der Waals surface area contributed by atoms with E-state index in [0.717, 1.165) is 83.1 Å². The number of hydrogen-bond acceptors (Lipinski definition) is 24. The number of rotatable bonds is 16. The third kappa shape index (κ3) is 15.9. The van der Waals surface area contributed by atoms with E-state index in [1.165, 1.54) is 24.3 Å². The van der Waals surface area contributed by atoms with Gasteiger partial charge in [0, 0.05) is 151 Å². The van der Waals surface area contributed by atoms with Crippen molar-refractivity contribution in [3.63, 3.8) is 0 Å². The minimum Gasteiger partial charge on any atom is -0.422 e. The maximum Gasteiger partial charge on any atom is 0.308 e. The first-order chi connectivity index (χ1) is 47.5. The lowest BCUT2D eigenvalue weighted by atomic mass is 9.74. The number of benzene rings is 8. The topological polar surface area (TPSA) is 316 Å². The van der Waals surface area contributed by atoms with Gasteiger partial charge >= 0.3 is 71.6 Å². The van der Waals surface area contributed by atoms with Crippen LogP contribution in [0.5, 0.6) is 69.0 Å². The van der Waals surface area contributed by atoms with Crippen molar-refractivity contribution in [1.29, 1.82) is 0 Å². The normalized spacial score (nSPS) is 14.3. The van der Waals surface area contributed by atoms with Gasteiger partial charge in [0.1, 0.15) is 0 Å². The highest BCUT2D eigenvalue weighted by molar-refractivity contribution is 5.88. The van der Waals surface area contributed by atoms with Crippen LogP contribution in [-0.4, -0.2) is 71.6 Å². The first-order valence-corrected chi connectivity index (χ1v) is 30.8. The first-order valence-electron chi connectivity index (χ1n) is 30.8. The summed E-state index contributed by atoms with van der Waals surface area (Å²) in [6, 6.07) is 37.4. The lowest BCUT2D eigenvalue weighted by molar-refractivity contribution is -0.135. The van der Waals surface area contributed by atoms with Crippen LogP contribution in [0.1, 0.15) is 174 Å². The molecule has 24 heteroatoms. The second kappa shape index (κ2) is 30.6. The summed E-state index contributed by atoms with van der Waals surface area (Å²) in [6.07, 6.45) is 0. The number of carbonyl (C=O) groups is 12. The fraction of sp³-hybridized carbons (Fsp3) is 0.211. The summed E-state index contributed by atoms with van der Waals surface area (Å²) >= 11 is 0. The molecule has 0 amide bonds. The fourth-order valence-electron chi connectivity index (χ4n) is 12.0. The van der Waals surface area contributed by atoms with Gasteiger partial charge in [-0.2, -0.15) is 0 Å². The highest BCUT2D eigenvalue weighted by Crippen LogP contribution is 2.62. The summed E-state index contributed by atoms with van der Waals surface area (Å²) < 4.78 is 74.4. The molecule has 0 aliphatic heterocycles. The molecule has 9 rings (SSSR count). The lowest BCUT2D eigenvalue weighted by Gasteiger charge is -2.33. The van der Waals surface area contributed by atoms with Gasteiger partial charge in [-0.05, 0) is 46.5 Å². The highest BCUT2D eigenvalue weighted by atomic mass is 16.6. The van der Waals surface area contributed by atoms with E-state index in [2.05, 4.69) is 0 Å². The fourth-order valence-corrected chi connectivity index (χ4v) is 12.0. The van der Waals surface area contributed by atoms with Gasteiger partial charge in [0.25, 0.3) is 0 Å². The van der Waals surface area contributed by atoms with Crippen LogP contribution < -0.4 is 56.8 Å². The molecule has 8 aromatic rings. The van der Waals surface area contributed by atoms with E-state index in [9.17, 15) is 57.5 Å². The maximum absolute atomic E-state index is 14.1. The zero-order chi connectivity index (χ0) is 72.5. The van der Waals surface area contributed by atoms with E-state index < -0.39 is 164 Å². The van der Waals surface area contributed by atoms with Gasteiger partial charge in [-0.1, -0.05) is 121 Å². The van der Waals surface area contributed by atoms with E-state index in [1.807, 2.05) is 0 Å². The van der Waals surface area contributed by atoms with Crippen molar-refractivity contribution in [2.75, 3.05) is 0 Å². The summed E-state index contributed by atoms with van der Waals surface area (Å²) in [4.78, 5) is 169. The predicted molar refractivity (Wildman–Crippen MR) is 351 cm³/mol. The summed E-state index contributed by atoms with van der Waals surface area (Å²) in [5.74, 6) is -28.0. The average Bonchev–Trinajstić information content (AvgIpc) is 0.720. The van der Waals surface area contributed by atoms with Gasteiger partial charge in [0.15, 0.2) is 46.0 Å². The molecular formula is C76H64O24. The molecule has 100 heavy (non-hydrogen) atoms. The van der Waals surface area contributed by atoms with Crippen LogP contribution in [0.25, 0.3) is 0 Å². The molecule has 8 bridgehead atoms. The number of fused-ring (bicyclic) bond motifs is 8. The van der Waals surface area contributed by atoms with E-state index in [4.69, 9.17) is 56.8 Å². The van der Waals surface area contributed by atoms with Crippen LogP contribution in [0.2, 0.25) is 0 Å². The van der Waals surface area contributed by atoms with Gasteiger partial charge in [0.2, 0.25) is 23.0 Å². The largest absolute Gasteiger partial charge is 0.422 e. The highest BCUT2D eigenvalue weighted by Gasteiger charge is 2.44. The summed E-state index contributed by atoms with van der Waals surface area (Å²) in [5.41, 5.74) is -1.28. The minimum absolute atomic E-state index is 0.181. The molecule has 24 nitrogen and oxygen atoms in total. The summed E-state index contributed by atoms with van der Waals surface area (Å²) in [7, 11) is 0. The Balaban J connectivity index is 1.81. The monoisotopic (exact) mass is 1360 g/mol. The molecule has 8 aromatic carbocycles. The van der Waals surface area contributed by atoms with E-state index in [1.54, 1.807) is 121 Å². The van der Waals surface area contributed by atoms with Crippen LogP contribution >= 0.6 is 0 Å². The van der Waals surface area contributed by atoms with Gasteiger partial charge in [-0.15, -0.1) is 0 Å².